The molecule has 1 N–H and O–H groups in total. The SMILES string of the molecule is CCNC(=O)n1cc(C(=O)C(=O)N2CCN(C(=O)c3ccccc3)CC2)c2c(F)cccc21. The summed E-state index contributed by atoms with van der Waals surface area (Å²) in [5, 5.41) is 2.54. The molecule has 2 aromatic carbocycles. The summed E-state index contributed by atoms with van der Waals surface area (Å²) >= 11 is 0. The van der Waals surface area contributed by atoms with E-state index in [1.807, 2.05) is 6.07 Å². The van der Waals surface area contributed by atoms with Gasteiger partial charge in [-0.15, -0.1) is 0 Å². The van der Waals surface area contributed by atoms with Gasteiger partial charge >= 0.3 is 6.03 Å². The van der Waals surface area contributed by atoms with Crippen molar-refractivity contribution in [1.29, 1.82) is 0 Å². The van der Waals surface area contributed by atoms with E-state index in [4.69, 9.17) is 0 Å². The van der Waals surface area contributed by atoms with Crippen LogP contribution in [0.4, 0.5) is 9.18 Å². The first-order valence-electron chi connectivity index (χ1n) is 10.7. The first kappa shape index (κ1) is 22.2. The Bertz CT molecular complexity index is 1230. The van der Waals surface area contributed by atoms with E-state index in [0.29, 0.717) is 12.1 Å². The zero-order chi connectivity index (χ0) is 23.5. The highest BCUT2D eigenvalue weighted by atomic mass is 19.1. The van der Waals surface area contributed by atoms with Gasteiger partial charge in [-0.3, -0.25) is 19.0 Å². The molecule has 1 saturated heterocycles. The molecule has 0 spiro atoms. The van der Waals surface area contributed by atoms with Gasteiger partial charge in [0.05, 0.1) is 11.1 Å². The minimum atomic E-state index is -0.893. The molecule has 0 radical (unpaired) electrons. The Morgan fingerprint density at radius 3 is 2.24 bits per heavy atom. The molecule has 1 aromatic heterocycles. The molecule has 0 saturated carbocycles. The van der Waals surface area contributed by atoms with E-state index in [1.54, 1.807) is 36.1 Å². The second-order valence-corrected chi connectivity index (χ2v) is 7.66. The molecule has 3 aromatic rings. The summed E-state index contributed by atoms with van der Waals surface area (Å²) < 4.78 is 15.7. The van der Waals surface area contributed by atoms with Crippen molar-refractivity contribution in [2.75, 3.05) is 32.7 Å². The smallest absolute Gasteiger partial charge is 0.326 e. The molecule has 1 aliphatic rings. The van der Waals surface area contributed by atoms with E-state index in [1.165, 1.54) is 29.3 Å². The summed E-state index contributed by atoms with van der Waals surface area (Å²) in [6, 6.07) is 12.4. The van der Waals surface area contributed by atoms with E-state index in [9.17, 15) is 23.6 Å². The quantitative estimate of drug-likeness (QED) is 0.489. The number of halogens is 1. The van der Waals surface area contributed by atoms with Crippen LogP contribution in [0.15, 0.2) is 54.7 Å². The zero-order valence-corrected chi connectivity index (χ0v) is 18.1. The molecule has 9 heteroatoms. The summed E-state index contributed by atoms with van der Waals surface area (Å²) in [5.74, 6) is -2.51. The highest BCUT2D eigenvalue weighted by Crippen LogP contribution is 2.25. The maximum Gasteiger partial charge on any atom is 0.326 e. The van der Waals surface area contributed by atoms with Crippen molar-refractivity contribution in [3.8, 4) is 0 Å². The number of benzene rings is 2. The highest BCUT2D eigenvalue weighted by Gasteiger charge is 2.31. The second kappa shape index (κ2) is 9.23. The van der Waals surface area contributed by atoms with Crippen LogP contribution < -0.4 is 5.32 Å². The van der Waals surface area contributed by atoms with Crippen LogP contribution in [-0.4, -0.2) is 70.7 Å². The Labute approximate surface area is 189 Å². The van der Waals surface area contributed by atoms with Gasteiger partial charge in [-0.1, -0.05) is 24.3 Å². The molecule has 1 aliphatic heterocycles. The topological polar surface area (TPSA) is 91.7 Å². The first-order valence-corrected chi connectivity index (χ1v) is 10.7. The second-order valence-electron chi connectivity index (χ2n) is 7.66. The summed E-state index contributed by atoms with van der Waals surface area (Å²) in [7, 11) is 0. The number of aromatic nitrogens is 1. The van der Waals surface area contributed by atoms with Crippen molar-refractivity contribution in [3.63, 3.8) is 0 Å². The molecule has 33 heavy (non-hydrogen) atoms. The van der Waals surface area contributed by atoms with Crippen molar-refractivity contribution in [2.45, 2.75) is 6.92 Å². The Morgan fingerprint density at radius 1 is 0.909 bits per heavy atom. The molecule has 1 fully saturated rings. The maximum atomic E-state index is 14.6. The van der Waals surface area contributed by atoms with Gasteiger partial charge in [-0.05, 0) is 31.2 Å². The van der Waals surface area contributed by atoms with Gasteiger partial charge in [0.25, 0.3) is 17.6 Å². The van der Waals surface area contributed by atoms with Gasteiger partial charge in [-0.2, -0.15) is 0 Å². The number of ketones is 1. The number of carbonyl (C=O) groups excluding carboxylic acids is 4. The number of nitrogens with one attached hydrogen (secondary N) is 1. The molecular weight excluding hydrogens is 427 g/mol. The normalized spacial score (nSPS) is 13.8. The van der Waals surface area contributed by atoms with Crippen molar-refractivity contribution in [2.24, 2.45) is 0 Å². The fraction of sp³-hybridized carbons (Fsp3) is 0.250. The molecule has 170 valence electrons. The average Bonchev–Trinajstić information content (AvgIpc) is 3.24. The van der Waals surface area contributed by atoms with Gasteiger partial charge < -0.3 is 15.1 Å². The van der Waals surface area contributed by atoms with Crippen molar-refractivity contribution in [3.05, 3.63) is 71.7 Å². The number of Topliss-reactive ketones (excluding diaryl/α,β-unsaturated/α-hetero) is 1. The van der Waals surface area contributed by atoms with E-state index in [0.717, 1.165) is 4.57 Å². The Hall–Kier alpha value is -4.01. The zero-order valence-electron chi connectivity index (χ0n) is 18.1. The summed E-state index contributed by atoms with van der Waals surface area (Å²) in [4.78, 5) is 54.0. The largest absolute Gasteiger partial charge is 0.338 e. The van der Waals surface area contributed by atoms with Gasteiger partial charge in [0.15, 0.2) is 0 Å². The first-order chi connectivity index (χ1) is 15.9. The molecule has 0 atom stereocenters. The number of carbonyl (C=O) groups is 4. The van der Waals surface area contributed by atoms with E-state index < -0.39 is 23.5 Å². The molecule has 4 rings (SSSR count). The van der Waals surface area contributed by atoms with Crippen molar-refractivity contribution < 1.29 is 23.6 Å². The fourth-order valence-corrected chi connectivity index (χ4v) is 3.95. The third kappa shape index (κ3) is 4.21. The predicted octanol–water partition coefficient (Wildman–Crippen LogP) is 2.53. The molecule has 0 aliphatic carbocycles. The lowest BCUT2D eigenvalue weighted by Crippen LogP contribution is -2.52. The van der Waals surface area contributed by atoms with Gasteiger partial charge in [-0.25, -0.2) is 9.18 Å². The van der Waals surface area contributed by atoms with Crippen molar-refractivity contribution >= 4 is 34.5 Å². The van der Waals surface area contributed by atoms with Crippen LogP contribution in [0.25, 0.3) is 10.9 Å². The van der Waals surface area contributed by atoms with Crippen LogP contribution in [0, 0.1) is 5.82 Å². The average molecular weight is 450 g/mol. The Balaban J connectivity index is 1.53. The van der Waals surface area contributed by atoms with Gasteiger partial charge in [0, 0.05) is 49.9 Å². The number of fused-ring (bicyclic) bond motifs is 1. The maximum absolute atomic E-state index is 14.6. The molecular formula is C24H23FN4O4. The number of amides is 3. The monoisotopic (exact) mass is 450 g/mol. The molecule has 2 heterocycles. The lowest BCUT2D eigenvalue weighted by Gasteiger charge is -2.34. The molecule has 0 bridgehead atoms. The number of hydrogen-bond donors (Lipinski definition) is 1. The van der Waals surface area contributed by atoms with E-state index in [-0.39, 0.29) is 48.6 Å². The summed E-state index contributed by atoms with van der Waals surface area (Å²) in [5.41, 5.74) is 0.597. The lowest BCUT2D eigenvalue weighted by atomic mass is 10.1. The predicted molar refractivity (Wildman–Crippen MR) is 120 cm³/mol. The third-order valence-electron chi connectivity index (χ3n) is 5.64. The van der Waals surface area contributed by atoms with E-state index in [2.05, 4.69) is 5.32 Å². The molecule has 0 unspecified atom stereocenters. The standard InChI is InChI=1S/C24H23FN4O4/c1-2-26-24(33)29-15-17(20-18(25)9-6-10-19(20)29)21(30)23(32)28-13-11-27(12-14-28)22(31)16-7-4-3-5-8-16/h3-10,15H,2,11-14H2,1H3,(H,26,33). The van der Waals surface area contributed by atoms with Crippen LogP contribution in [0.5, 0.6) is 0 Å². The highest BCUT2D eigenvalue weighted by molar-refractivity contribution is 6.45. The number of nitrogens with zero attached hydrogens (tertiary/aromatic N) is 3. The summed E-state index contributed by atoms with van der Waals surface area (Å²) in [6.45, 7) is 3.01. The van der Waals surface area contributed by atoms with Crippen LogP contribution in [0.3, 0.4) is 0 Å². The van der Waals surface area contributed by atoms with Crippen LogP contribution in [0.2, 0.25) is 0 Å². The van der Waals surface area contributed by atoms with Gasteiger partial charge in [0.2, 0.25) is 0 Å². The van der Waals surface area contributed by atoms with Crippen LogP contribution >= 0.6 is 0 Å². The Kier molecular flexibility index (Phi) is 6.21. The number of rotatable bonds is 4. The molecule has 8 nitrogen and oxygen atoms in total. The minimum Gasteiger partial charge on any atom is -0.338 e. The lowest BCUT2D eigenvalue weighted by molar-refractivity contribution is -0.127. The van der Waals surface area contributed by atoms with Crippen LogP contribution in [-0.2, 0) is 4.79 Å². The minimum absolute atomic E-state index is 0.0694. The fourth-order valence-electron chi connectivity index (χ4n) is 3.95. The number of piperazine rings is 1. The third-order valence-corrected chi connectivity index (χ3v) is 5.64. The van der Waals surface area contributed by atoms with E-state index >= 15 is 0 Å². The van der Waals surface area contributed by atoms with Crippen molar-refractivity contribution in [1.82, 2.24) is 19.7 Å². The summed E-state index contributed by atoms with van der Waals surface area (Å²) in [6.07, 6.45) is 1.20. The number of hydrogen-bond acceptors (Lipinski definition) is 4. The van der Waals surface area contributed by atoms with Crippen LogP contribution in [0.1, 0.15) is 27.6 Å². The van der Waals surface area contributed by atoms with Gasteiger partial charge in [0.1, 0.15) is 5.82 Å². The molecule has 3 amide bonds. The Morgan fingerprint density at radius 2 is 1.58 bits per heavy atom.